The van der Waals surface area contributed by atoms with Gasteiger partial charge in [-0.25, -0.2) is 13.4 Å². The van der Waals surface area contributed by atoms with Gasteiger partial charge in [0.15, 0.2) is 16.0 Å². The van der Waals surface area contributed by atoms with E-state index in [9.17, 15) is 8.42 Å². The molecule has 0 bridgehead atoms. The maximum atomic E-state index is 13.4. The number of rotatable bonds is 4. The minimum absolute atomic E-state index is 0.0856. The van der Waals surface area contributed by atoms with Crippen LogP contribution in [0.15, 0.2) is 33.9 Å². The molecule has 0 amide bonds. The second-order valence-electron chi connectivity index (χ2n) is 6.00. The minimum atomic E-state index is -3.99. The van der Waals surface area contributed by atoms with Crippen molar-refractivity contribution < 1.29 is 17.7 Å². The Morgan fingerprint density at radius 3 is 2.85 bits per heavy atom. The number of aryl methyl sites for hydroxylation is 1. The van der Waals surface area contributed by atoms with E-state index in [1.165, 1.54) is 15.8 Å². The van der Waals surface area contributed by atoms with Crippen LogP contribution in [0.25, 0.3) is 5.65 Å². The predicted octanol–water partition coefficient (Wildman–Crippen LogP) is 1.83. The highest BCUT2D eigenvalue weighted by molar-refractivity contribution is 7.89. The third-order valence-corrected chi connectivity index (χ3v) is 6.65. The zero-order chi connectivity index (χ0) is 18.5. The zero-order valence-corrected chi connectivity index (χ0v) is 15.6. The number of hydrogen-bond donors (Lipinski definition) is 0. The van der Waals surface area contributed by atoms with Crippen molar-refractivity contribution in [2.45, 2.75) is 30.5 Å². The highest BCUT2D eigenvalue weighted by atomic mass is 35.5. The van der Waals surface area contributed by atoms with Crippen molar-refractivity contribution in [1.29, 1.82) is 0 Å². The number of imidazole rings is 1. The van der Waals surface area contributed by atoms with E-state index in [1.54, 1.807) is 31.3 Å². The molecular weight excluding hydrogens is 382 g/mol. The van der Waals surface area contributed by atoms with Gasteiger partial charge >= 0.3 is 0 Å². The number of nitrogens with zero attached hydrogens (tertiary/aromatic N) is 5. The number of fused-ring (bicyclic) bond motifs is 1. The lowest BCUT2D eigenvalue weighted by Crippen LogP contribution is -2.33. The molecule has 0 aliphatic carbocycles. The largest absolute Gasteiger partial charge is 0.380 e. The van der Waals surface area contributed by atoms with E-state index in [1.807, 2.05) is 0 Å². The molecule has 1 aliphatic rings. The van der Waals surface area contributed by atoms with Crippen molar-refractivity contribution in [3.63, 3.8) is 0 Å². The standard InChI is InChI=1S/C15H16ClN5O4S/c1-9-17-14(25-19-9)11-7-10(24-2)8-21(11)26(22,23)15-13(16)18-12-5-3-4-6-20(12)15/h3-6,10-11H,7-8H2,1-2H3/t10-,11+/m0/s1. The fourth-order valence-electron chi connectivity index (χ4n) is 3.16. The van der Waals surface area contributed by atoms with Gasteiger partial charge < -0.3 is 9.26 Å². The van der Waals surface area contributed by atoms with Gasteiger partial charge in [0.25, 0.3) is 10.0 Å². The first-order valence-electron chi connectivity index (χ1n) is 7.89. The molecule has 11 heteroatoms. The SMILES string of the molecule is CO[C@H]1C[C@H](c2nc(C)no2)N(S(=O)(=O)c2c(Cl)nc3ccccn23)C1. The fraction of sp³-hybridized carbons (Fsp3) is 0.400. The van der Waals surface area contributed by atoms with Gasteiger partial charge in [0.2, 0.25) is 5.89 Å². The first kappa shape index (κ1) is 17.4. The molecule has 1 aliphatic heterocycles. The average Bonchev–Trinajstić information content (AvgIpc) is 3.29. The van der Waals surface area contributed by atoms with Crippen LogP contribution in [0.4, 0.5) is 0 Å². The van der Waals surface area contributed by atoms with Gasteiger partial charge in [-0.15, -0.1) is 0 Å². The second-order valence-corrected chi connectivity index (χ2v) is 8.16. The lowest BCUT2D eigenvalue weighted by molar-refractivity contribution is 0.114. The molecule has 2 atom stereocenters. The van der Waals surface area contributed by atoms with Gasteiger partial charge in [0.05, 0.1) is 6.10 Å². The smallest absolute Gasteiger partial charge is 0.263 e. The summed E-state index contributed by atoms with van der Waals surface area (Å²) in [6.45, 7) is 1.83. The Kier molecular flexibility index (Phi) is 4.22. The Morgan fingerprint density at radius 2 is 2.15 bits per heavy atom. The molecule has 0 aromatic carbocycles. The topological polar surface area (TPSA) is 103 Å². The summed E-state index contributed by atoms with van der Waals surface area (Å²) < 4.78 is 40.2. The molecule has 0 saturated carbocycles. The Morgan fingerprint density at radius 1 is 1.35 bits per heavy atom. The number of methoxy groups -OCH3 is 1. The average molecular weight is 398 g/mol. The quantitative estimate of drug-likeness (QED) is 0.661. The van der Waals surface area contributed by atoms with Crippen LogP contribution in [0.2, 0.25) is 5.15 Å². The highest BCUT2D eigenvalue weighted by Crippen LogP contribution is 2.38. The Balaban J connectivity index is 1.83. The maximum absolute atomic E-state index is 13.4. The minimum Gasteiger partial charge on any atom is -0.380 e. The van der Waals surface area contributed by atoms with E-state index in [0.717, 1.165) is 0 Å². The van der Waals surface area contributed by atoms with E-state index in [2.05, 4.69) is 15.1 Å². The van der Waals surface area contributed by atoms with Crippen LogP contribution in [0.3, 0.4) is 0 Å². The van der Waals surface area contributed by atoms with Crippen LogP contribution in [-0.4, -0.2) is 52.0 Å². The summed E-state index contributed by atoms with van der Waals surface area (Å²) in [5, 5.41) is 3.59. The summed E-state index contributed by atoms with van der Waals surface area (Å²) in [5.74, 6) is 0.668. The Bertz CT molecular complexity index is 1060. The van der Waals surface area contributed by atoms with Gasteiger partial charge in [-0.05, 0) is 19.1 Å². The number of halogens is 1. The van der Waals surface area contributed by atoms with Crippen molar-refractivity contribution in [3.05, 3.63) is 41.3 Å². The molecule has 0 N–H and O–H groups in total. The van der Waals surface area contributed by atoms with Crippen molar-refractivity contribution in [2.24, 2.45) is 0 Å². The van der Waals surface area contributed by atoms with Crippen molar-refractivity contribution in [3.8, 4) is 0 Å². The molecule has 0 radical (unpaired) electrons. The van der Waals surface area contributed by atoms with Crippen LogP contribution in [0.1, 0.15) is 24.2 Å². The molecule has 4 rings (SSSR count). The fourth-order valence-corrected chi connectivity index (χ4v) is 5.39. The van der Waals surface area contributed by atoms with Gasteiger partial charge in [-0.3, -0.25) is 4.40 Å². The summed E-state index contributed by atoms with van der Waals surface area (Å²) in [7, 11) is -2.45. The molecule has 26 heavy (non-hydrogen) atoms. The molecule has 3 aromatic heterocycles. The predicted molar refractivity (Wildman–Crippen MR) is 91.3 cm³/mol. The van der Waals surface area contributed by atoms with Gasteiger partial charge in [0, 0.05) is 26.3 Å². The summed E-state index contributed by atoms with van der Waals surface area (Å²) in [4.78, 5) is 8.33. The van der Waals surface area contributed by atoms with Gasteiger partial charge in [-0.1, -0.05) is 22.8 Å². The van der Waals surface area contributed by atoms with Crippen LogP contribution < -0.4 is 0 Å². The molecule has 4 heterocycles. The number of hydrogen-bond acceptors (Lipinski definition) is 7. The van der Waals surface area contributed by atoms with Crippen molar-refractivity contribution >= 4 is 27.3 Å². The molecule has 0 spiro atoms. The number of sulfonamides is 1. The molecule has 0 unspecified atom stereocenters. The summed E-state index contributed by atoms with van der Waals surface area (Å²) >= 11 is 6.18. The van der Waals surface area contributed by atoms with E-state index in [-0.39, 0.29) is 28.7 Å². The first-order valence-corrected chi connectivity index (χ1v) is 9.71. The van der Waals surface area contributed by atoms with Crippen LogP contribution >= 0.6 is 11.6 Å². The lowest BCUT2D eigenvalue weighted by atomic mass is 10.2. The highest BCUT2D eigenvalue weighted by Gasteiger charge is 2.45. The van der Waals surface area contributed by atoms with Gasteiger partial charge in [0.1, 0.15) is 11.7 Å². The molecule has 1 fully saturated rings. The maximum Gasteiger partial charge on any atom is 0.263 e. The van der Waals surface area contributed by atoms with Crippen LogP contribution in [-0.2, 0) is 14.8 Å². The van der Waals surface area contributed by atoms with E-state index in [0.29, 0.717) is 17.9 Å². The molecular formula is C15H16ClN5O4S. The van der Waals surface area contributed by atoms with E-state index < -0.39 is 16.1 Å². The second kappa shape index (κ2) is 6.31. The van der Waals surface area contributed by atoms with E-state index >= 15 is 0 Å². The first-order chi connectivity index (χ1) is 12.4. The summed E-state index contributed by atoms with van der Waals surface area (Å²) in [6.07, 6.45) is 1.72. The number of aromatic nitrogens is 4. The summed E-state index contributed by atoms with van der Waals surface area (Å²) in [5.41, 5.74) is 0.448. The molecule has 138 valence electrons. The van der Waals surface area contributed by atoms with Crippen LogP contribution in [0, 0.1) is 6.92 Å². The summed E-state index contributed by atoms with van der Waals surface area (Å²) in [6, 6.07) is 4.53. The number of ether oxygens (including phenoxy) is 1. The lowest BCUT2D eigenvalue weighted by Gasteiger charge is -2.20. The Labute approximate surface area is 154 Å². The third kappa shape index (κ3) is 2.69. The van der Waals surface area contributed by atoms with Crippen molar-refractivity contribution in [1.82, 2.24) is 23.8 Å². The van der Waals surface area contributed by atoms with Crippen molar-refractivity contribution in [2.75, 3.05) is 13.7 Å². The molecule has 1 saturated heterocycles. The monoisotopic (exact) mass is 397 g/mol. The normalized spacial score (nSPS) is 21.7. The number of pyridine rings is 1. The Hall–Kier alpha value is -2.01. The van der Waals surface area contributed by atoms with E-state index in [4.69, 9.17) is 20.9 Å². The third-order valence-electron chi connectivity index (χ3n) is 4.38. The zero-order valence-electron chi connectivity index (χ0n) is 14.0. The van der Waals surface area contributed by atoms with Gasteiger partial charge in [-0.2, -0.15) is 9.29 Å². The molecule has 3 aromatic rings. The van der Waals surface area contributed by atoms with Crippen LogP contribution in [0.5, 0.6) is 0 Å². The molecule has 9 nitrogen and oxygen atoms in total.